The van der Waals surface area contributed by atoms with Crippen LogP contribution in [0, 0.1) is 0 Å². The molecule has 6 heteroatoms. The highest BCUT2D eigenvalue weighted by Gasteiger charge is 2.01. The van der Waals surface area contributed by atoms with Crippen molar-refractivity contribution < 1.29 is 23.0 Å². The zero-order chi connectivity index (χ0) is 10.8. The second-order valence-electron chi connectivity index (χ2n) is 1.90. The van der Waals surface area contributed by atoms with Crippen LogP contribution in [-0.4, -0.2) is 25.2 Å². The molecule has 0 spiro atoms. The van der Waals surface area contributed by atoms with Crippen LogP contribution in [0.5, 0.6) is 5.75 Å². The fraction of sp³-hybridized carbons (Fsp3) is 0.250. The molecule has 0 N–H and O–H groups in total. The number of carbonyl (C=O) groups excluding carboxylic acids is 1. The lowest BCUT2D eigenvalue weighted by molar-refractivity contribution is -0.126. The number of hydrogen-bond acceptors (Lipinski definition) is 4. The average Bonchev–Trinajstić information content (AvgIpc) is 2.19. The molecule has 14 heavy (non-hydrogen) atoms. The van der Waals surface area contributed by atoms with E-state index in [1.54, 1.807) is 0 Å². The molecule has 0 fully saturated rings. The second kappa shape index (κ2) is 7.90. The number of ether oxygens (including phenoxy) is 2. The highest BCUT2D eigenvalue weighted by Crippen LogP contribution is 2.09. The summed E-state index contributed by atoms with van der Waals surface area (Å²) in [5, 5.41) is 0. The first-order valence-corrected chi connectivity index (χ1v) is 3.52. The molecular formula is C8H9F2NO3. The number of hydrogen-bond donors (Lipinski definition) is 0. The van der Waals surface area contributed by atoms with Gasteiger partial charge in [-0.05, 0) is 12.1 Å². The molecule has 0 radical (unpaired) electrons. The third-order valence-corrected chi connectivity index (χ3v) is 0.956. The van der Waals surface area contributed by atoms with Gasteiger partial charge in [0.05, 0.1) is 13.3 Å². The lowest BCUT2D eigenvalue weighted by atomic mass is 10.5. The highest BCUT2D eigenvalue weighted by atomic mass is 19.3. The van der Waals surface area contributed by atoms with Gasteiger partial charge < -0.3 is 9.47 Å². The van der Waals surface area contributed by atoms with Crippen LogP contribution in [0.3, 0.4) is 0 Å². The lowest BCUT2D eigenvalue weighted by Crippen LogP contribution is -2.01. The molecular weight excluding hydrogens is 196 g/mol. The van der Waals surface area contributed by atoms with Crippen molar-refractivity contribution in [2.75, 3.05) is 7.11 Å². The van der Waals surface area contributed by atoms with Crippen LogP contribution in [0.25, 0.3) is 0 Å². The molecule has 0 saturated heterocycles. The van der Waals surface area contributed by atoms with Gasteiger partial charge in [0.25, 0.3) is 6.47 Å². The van der Waals surface area contributed by atoms with Crippen molar-refractivity contribution in [1.82, 2.24) is 4.98 Å². The highest BCUT2D eigenvalue weighted by molar-refractivity contribution is 5.36. The van der Waals surface area contributed by atoms with Gasteiger partial charge in [0.2, 0.25) is 0 Å². The summed E-state index contributed by atoms with van der Waals surface area (Å²) in [7, 11) is 1.31. The van der Waals surface area contributed by atoms with Crippen LogP contribution in [0.2, 0.25) is 0 Å². The number of aromatic nitrogens is 1. The van der Waals surface area contributed by atoms with E-state index in [9.17, 15) is 8.78 Å². The molecule has 0 aliphatic heterocycles. The number of methoxy groups -OCH3 is 1. The fourth-order valence-corrected chi connectivity index (χ4v) is 0.520. The van der Waals surface area contributed by atoms with E-state index in [1.165, 1.54) is 31.6 Å². The van der Waals surface area contributed by atoms with Gasteiger partial charge >= 0.3 is 6.61 Å². The smallest absolute Gasteiger partial charge is 0.387 e. The summed E-state index contributed by atoms with van der Waals surface area (Å²) in [5.74, 6) is 0.0810. The molecule has 0 aromatic carbocycles. The first kappa shape index (κ1) is 12.3. The summed E-state index contributed by atoms with van der Waals surface area (Å²) in [6, 6.07) is 2.94. The lowest BCUT2D eigenvalue weighted by Gasteiger charge is -2.00. The van der Waals surface area contributed by atoms with E-state index in [0.29, 0.717) is 6.47 Å². The Morgan fingerprint density at radius 1 is 1.57 bits per heavy atom. The monoisotopic (exact) mass is 205 g/mol. The van der Waals surface area contributed by atoms with Gasteiger partial charge in [-0.25, -0.2) is 0 Å². The van der Waals surface area contributed by atoms with Crippen molar-refractivity contribution in [3.63, 3.8) is 0 Å². The normalized spacial score (nSPS) is 8.57. The molecule has 0 aliphatic carbocycles. The molecule has 1 aromatic rings. The first-order valence-electron chi connectivity index (χ1n) is 3.52. The summed E-state index contributed by atoms with van der Waals surface area (Å²) < 4.78 is 30.8. The van der Waals surface area contributed by atoms with Crippen molar-refractivity contribution in [3.8, 4) is 5.75 Å². The van der Waals surface area contributed by atoms with E-state index < -0.39 is 6.61 Å². The number of alkyl halides is 2. The minimum atomic E-state index is -2.77. The van der Waals surface area contributed by atoms with Crippen molar-refractivity contribution in [1.29, 1.82) is 0 Å². The molecule has 0 amide bonds. The molecule has 0 bridgehead atoms. The predicted molar refractivity (Wildman–Crippen MR) is 43.9 cm³/mol. The molecule has 4 nitrogen and oxygen atoms in total. The topological polar surface area (TPSA) is 48.4 Å². The Bertz CT molecular complexity index is 244. The van der Waals surface area contributed by atoms with E-state index in [0.717, 1.165) is 0 Å². The third-order valence-electron chi connectivity index (χ3n) is 0.956. The Morgan fingerprint density at radius 2 is 2.21 bits per heavy atom. The van der Waals surface area contributed by atoms with E-state index in [4.69, 9.17) is 4.79 Å². The van der Waals surface area contributed by atoms with Crippen LogP contribution in [-0.2, 0) is 9.53 Å². The summed E-state index contributed by atoms with van der Waals surface area (Å²) in [6.07, 6.45) is 2.71. The van der Waals surface area contributed by atoms with Crippen LogP contribution in [0.4, 0.5) is 8.78 Å². The molecule has 1 rings (SSSR count). The van der Waals surface area contributed by atoms with E-state index >= 15 is 0 Å². The van der Waals surface area contributed by atoms with Crippen molar-refractivity contribution in [2.24, 2.45) is 0 Å². The SMILES string of the molecule is COC=O.FC(F)Oc1cccnc1. The van der Waals surface area contributed by atoms with Gasteiger partial charge in [0, 0.05) is 6.20 Å². The molecule has 0 aliphatic rings. The van der Waals surface area contributed by atoms with Crippen molar-refractivity contribution in [3.05, 3.63) is 24.5 Å². The zero-order valence-corrected chi connectivity index (χ0v) is 7.39. The molecule has 1 heterocycles. The number of pyridine rings is 1. The summed E-state index contributed by atoms with van der Waals surface area (Å²) in [6.45, 7) is -2.40. The molecule has 0 atom stereocenters. The van der Waals surface area contributed by atoms with Crippen LogP contribution >= 0.6 is 0 Å². The third kappa shape index (κ3) is 6.96. The van der Waals surface area contributed by atoms with Crippen molar-refractivity contribution in [2.45, 2.75) is 6.61 Å². The Labute approximate surface area is 79.5 Å². The Balaban J connectivity index is 0.000000364. The van der Waals surface area contributed by atoms with Crippen LogP contribution in [0.1, 0.15) is 0 Å². The average molecular weight is 205 g/mol. The Hall–Kier alpha value is -1.72. The largest absolute Gasteiger partial charge is 0.471 e. The number of halogens is 2. The molecule has 0 unspecified atom stereocenters. The summed E-state index contributed by atoms with van der Waals surface area (Å²) in [4.78, 5) is 12.5. The standard InChI is InChI=1S/C6H5F2NO.C2H4O2/c7-6(8)10-5-2-1-3-9-4-5;1-4-2-3/h1-4,6H;2H,1H3. The van der Waals surface area contributed by atoms with Gasteiger partial charge in [-0.1, -0.05) is 0 Å². The van der Waals surface area contributed by atoms with Crippen LogP contribution in [0.15, 0.2) is 24.5 Å². The van der Waals surface area contributed by atoms with Crippen molar-refractivity contribution >= 4 is 6.47 Å². The predicted octanol–water partition coefficient (Wildman–Crippen LogP) is 1.47. The fourth-order valence-electron chi connectivity index (χ4n) is 0.520. The first-order chi connectivity index (χ1) is 6.70. The van der Waals surface area contributed by atoms with Crippen LogP contribution < -0.4 is 4.74 Å². The zero-order valence-electron chi connectivity index (χ0n) is 7.39. The summed E-state index contributed by atoms with van der Waals surface area (Å²) >= 11 is 0. The number of nitrogens with zero attached hydrogens (tertiary/aromatic N) is 1. The van der Waals surface area contributed by atoms with Gasteiger partial charge in [0.15, 0.2) is 0 Å². The maximum absolute atomic E-state index is 11.5. The Kier molecular flexibility index (Phi) is 6.93. The van der Waals surface area contributed by atoms with Gasteiger partial charge in [-0.3, -0.25) is 9.78 Å². The minimum Gasteiger partial charge on any atom is -0.471 e. The second-order valence-corrected chi connectivity index (χ2v) is 1.90. The van der Waals surface area contributed by atoms with E-state index in [2.05, 4.69) is 14.5 Å². The quantitative estimate of drug-likeness (QED) is 0.701. The number of rotatable bonds is 3. The van der Waals surface area contributed by atoms with Gasteiger partial charge in [-0.15, -0.1) is 0 Å². The molecule has 0 saturated carbocycles. The van der Waals surface area contributed by atoms with Gasteiger partial charge in [-0.2, -0.15) is 8.78 Å². The van der Waals surface area contributed by atoms with E-state index in [-0.39, 0.29) is 5.75 Å². The maximum Gasteiger partial charge on any atom is 0.387 e. The molecule has 78 valence electrons. The maximum atomic E-state index is 11.5. The number of carbonyl (C=O) groups is 1. The Morgan fingerprint density at radius 3 is 2.57 bits per heavy atom. The van der Waals surface area contributed by atoms with Gasteiger partial charge in [0.1, 0.15) is 5.75 Å². The molecule has 1 aromatic heterocycles. The summed E-state index contributed by atoms with van der Waals surface area (Å²) in [5.41, 5.74) is 0. The van der Waals surface area contributed by atoms with E-state index in [1.807, 2.05) is 0 Å². The minimum absolute atomic E-state index is 0.0810.